The van der Waals surface area contributed by atoms with Gasteiger partial charge in [0.05, 0.1) is 0 Å². The zero-order chi connectivity index (χ0) is 36.9. The van der Waals surface area contributed by atoms with E-state index in [1.807, 2.05) is 12.1 Å². The molecule has 0 saturated heterocycles. The summed E-state index contributed by atoms with van der Waals surface area (Å²) in [6.07, 6.45) is 0. The first kappa shape index (κ1) is 32.7. The third-order valence-corrected chi connectivity index (χ3v) is 11.2. The Morgan fingerprint density at radius 3 is 1.29 bits per heavy atom. The molecule has 10 rings (SSSR count). The second kappa shape index (κ2) is 13.2. The Kier molecular flexibility index (Phi) is 7.81. The molecule has 0 saturated carbocycles. The molecule has 55 heavy (non-hydrogen) atoms. The largest absolute Gasteiger partial charge is 0.208 e. The fourth-order valence-electron chi connectivity index (χ4n) is 8.18. The summed E-state index contributed by atoms with van der Waals surface area (Å²) >= 11 is 0. The van der Waals surface area contributed by atoms with Gasteiger partial charge in [0.25, 0.3) is 0 Å². The van der Waals surface area contributed by atoms with Crippen LogP contribution in [0.15, 0.2) is 188 Å². The van der Waals surface area contributed by atoms with E-state index in [1.165, 1.54) is 38.8 Å². The monoisotopic (exact) mass is 703 g/mol. The Labute approximate surface area is 321 Å². The number of hydrogen-bond acceptors (Lipinski definition) is 3. The first-order valence-electron chi connectivity index (χ1n) is 18.9. The topological polar surface area (TPSA) is 38.7 Å². The summed E-state index contributed by atoms with van der Waals surface area (Å²) in [4.78, 5) is 15.7. The second-order valence-corrected chi connectivity index (χ2v) is 14.9. The minimum Gasteiger partial charge on any atom is -0.208 e. The average molecular weight is 704 g/mol. The van der Waals surface area contributed by atoms with Gasteiger partial charge < -0.3 is 0 Å². The molecule has 1 aliphatic carbocycles. The Morgan fingerprint density at radius 2 is 0.709 bits per heavy atom. The fourth-order valence-corrected chi connectivity index (χ4v) is 8.18. The number of aromatic nitrogens is 3. The van der Waals surface area contributed by atoms with Crippen LogP contribution in [0.3, 0.4) is 0 Å². The Hall–Kier alpha value is -6.97. The van der Waals surface area contributed by atoms with E-state index in [-0.39, 0.29) is 5.41 Å². The summed E-state index contributed by atoms with van der Waals surface area (Å²) in [6, 6.07) is 66.8. The first-order chi connectivity index (χ1) is 27.0. The molecule has 3 nitrogen and oxygen atoms in total. The van der Waals surface area contributed by atoms with Crippen LogP contribution >= 0.6 is 0 Å². The molecule has 1 aliphatic rings. The van der Waals surface area contributed by atoms with Crippen LogP contribution < -0.4 is 0 Å². The lowest BCUT2D eigenvalue weighted by molar-refractivity contribution is 0.660. The molecule has 3 heteroatoms. The molecule has 260 valence electrons. The molecule has 0 amide bonds. The minimum absolute atomic E-state index is 0.121. The van der Waals surface area contributed by atoms with E-state index in [4.69, 9.17) is 15.0 Å². The van der Waals surface area contributed by atoms with Crippen LogP contribution in [0.4, 0.5) is 0 Å². The van der Waals surface area contributed by atoms with E-state index < -0.39 is 0 Å². The maximum atomic E-state index is 5.27. The van der Waals surface area contributed by atoms with Gasteiger partial charge in [0, 0.05) is 22.1 Å². The van der Waals surface area contributed by atoms with E-state index in [9.17, 15) is 0 Å². The predicted octanol–water partition coefficient (Wildman–Crippen LogP) is 13.3. The van der Waals surface area contributed by atoms with Gasteiger partial charge >= 0.3 is 0 Å². The SMILES string of the molecule is CC1(C)c2ccccc2-c2ccc(-c3cc4ccccc4cc3-c3nc(-c4ccc(-c5ccccc5)cc4)nc(-c4ccc(-c5ccccc5)cc4)n3)cc21. The van der Waals surface area contributed by atoms with E-state index in [1.54, 1.807) is 0 Å². The minimum atomic E-state index is -0.121. The van der Waals surface area contributed by atoms with Crippen molar-refractivity contribution in [2.24, 2.45) is 0 Å². The van der Waals surface area contributed by atoms with Crippen molar-refractivity contribution in [3.8, 4) is 78.7 Å². The van der Waals surface area contributed by atoms with Crippen molar-refractivity contribution >= 4 is 10.8 Å². The van der Waals surface area contributed by atoms with E-state index in [2.05, 4.69) is 190 Å². The van der Waals surface area contributed by atoms with Crippen LogP contribution in [-0.4, -0.2) is 15.0 Å². The maximum Gasteiger partial charge on any atom is 0.164 e. The molecule has 0 fully saturated rings. The van der Waals surface area contributed by atoms with Gasteiger partial charge in [-0.3, -0.25) is 0 Å². The van der Waals surface area contributed by atoms with Gasteiger partial charge in [-0.1, -0.05) is 184 Å². The zero-order valence-electron chi connectivity index (χ0n) is 30.7. The van der Waals surface area contributed by atoms with Gasteiger partial charge in [-0.2, -0.15) is 0 Å². The van der Waals surface area contributed by atoms with Crippen LogP contribution in [0.1, 0.15) is 25.0 Å². The lowest BCUT2D eigenvalue weighted by atomic mass is 9.81. The number of nitrogens with zero attached hydrogens (tertiary/aromatic N) is 3. The van der Waals surface area contributed by atoms with Gasteiger partial charge in [0.15, 0.2) is 17.5 Å². The molecule has 0 radical (unpaired) electrons. The van der Waals surface area contributed by atoms with Gasteiger partial charge in [-0.15, -0.1) is 0 Å². The maximum absolute atomic E-state index is 5.27. The summed E-state index contributed by atoms with van der Waals surface area (Å²) in [7, 11) is 0. The highest BCUT2D eigenvalue weighted by molar-refractivity contribution is 5.96. The summed E-state index contributed by atoms with van der Waals surface area (Å²) in [5, 5.41) is 2.31. The summed E-state index contributed by atoms with van der Waals surface area (Å²) in [5.74, 6) is 1.91. The van der Waals surface area contributed by atoms with Crippen LogP contribution in [0.5, 0.6) is 0 Å². The highest BCUT2D eigenvalue weighted by atomic mass is 15.0. The standard InChI is InChI=1S/C52H37N3/c1-52(2)47-20-12-11-19-43(47)44-30-29-42(33-48(44)52)45-31-40-17-9-10-18-41(40)32-46(45)51-54-49(38-25-21-36(22-26-38)34-13-5-3-6-14-34)53-50(55-51)39-27-23-37(24-28-39)35-15-7-4-8-16-35/h3-33H,1-2H3. The zero-order valence-corrected chi connectivity index (χ0v) is 30.7. The third kappa shape index (κ3) is 5.82. The molecule has 0 N–H and O–H groups in total. The molecule has 0 spiro atoms. The van der Waals surface area contributed by atoms with Gasteiger partial charge in [-0.05, 0) is 84.6 Å². The number of rotatable bonds is 6. The van der Waals surface area contributed by atoms with E-state index in [0.29, 0.717) is 17.5 Å². The summed E-state index contributed by atoms with van der Waals surface area (Å²) in [6.45, 7) is 4.67. The van der Waals surface area contributed by atoms with Gasteiger partial charge in [-0.25, -0.2) is 15.0 Å². The lowest BCUT2D eigenvalue weighted by Crippen LogP contribution is -2.14. The fraction of sp³-hybridized carbons (Fsp3) is 0.0577. The van der Waals surface area contributed by atoms with Crippen molar-refractivity contribution in [1.82, 2.24) is 15.0 Å². The molecule has 0 unspecified atom stereocenters. The number of hydrogen-bond donors (Lipinski definition) is 0. The normalized spacial score (nSPS) is 12.7. The second-order valence-electron chi connectivity index (χ2n) is 14.9. The molecule has 9 aromatic rings. The quantitative estimate of drug-likeness (QED) is 0.173. The molecule has 8 aromatic carbocycles. The molecule has 0 atom stereocenters. The summed E-state index contributed by atoms with van der Waals surface area (Å²) in [5.41, 5.74) is 14.9. The van der Waals surface area contributed by atoms with Crippen LogP contribution in [0, 0.1) is 0 Å². The van der Waals surface area contributed by atoms with Crippen LogP contribution in [0.2, 0.25) is 0 Å². The van der Waals surface area contributed by atoms with Crippen molar-refractivity contribution in [2.45, 2.75) is 19.3 Å². The molecule has 1 aromatic heterocycles. The third-order valence-electron chi connectivity index (χ3n) is 11.2. The van der Waals surface area contributed by atoms with Crippen molar-refractivity contribution in [3.05, 3.63) is 199 Å². The van der Waals surface area contributed by atoms with Crippen LogP contribution in [0.25, 0.3) is 89.4 Å². The summed E-state index contributed by atoms with van der Waals surface area (Å²) < 4.78 is 0. The highest BCUT2D eigenvalue weighted by Crippen LogP contribution is 2.50. The lowest BCUT2D eigenvalue weighted by Gasteiger charge is -2.22. The smallest absolute Gasteiger partial charge is 0.164 e. The van der Waals surface area contributed by atoms with Crippen molar-refractivity contribution in [1.29, 1.82) is 0 Å². The van der Waals surface area contributed by atoms with E-state index >= 15 is 0 Å². The van der Waals surface area contributed by atoms with Gasteiger partial charge in [0.2, 0.25) is 0 Å². The molecule has 1 heterocycles. The molecular formula is C52H37N3. The van der Waals surface area contributed by atoms with Crippen molar-refractivity contribution in [3.63, 3.8) is 0 Å². The van der Waals surface area contributed by atoms with Crippen LogP contribution in [-0.2, 0) is 5.41 Å². The highest BCUT2D eigenvalue weighted by Gasteiger charge is 2.35. The predicted molar refractivity (Wildman–Crippen MR) is 228 cm³/mol. The van der Waals surface area contributed by atoms with Crippen molar-refractivity contribution in [2.75, 3.05) is 0 Å². The van der Waals surface area contributed by atoms with Gasteiger partial charge in [0.1, 0.15) is 0 Å². The Balaban J connectivity index is 1.16. The van der Waals surface area contributed by atoms with Crippen molar-refractivity contribution < 1.29 is 0 Å². The van der Waals surface area contributed by atoms with E-state index in [0.717, 1.165) is 44.3 Å². The average Bonchev–Trinajstić information content (AvgIpc) is 3.49. The number of benzene rings is 8. The molecular weight excluding hydrogens is 667 g/mol. The number of fused-ring (bicyclic) bond motifs is 4. The molecule has 0 aliphatic heterocycles. The first-order valence-corrected chi connectivity index (χ1v) is 18.9. The Bertz CT molecular complexity index is 2760. The molecule has 0 bridgehead atoms. The Morgan fingerprint density at radius 1 is 0.291 bits per heavy atom.